The molecule has 2 amide bonds. The highest BCUT2D eigenvalue weighted by Crippen LogP contribution is 2.17. The molecule has 178 valence electrons. The summed E-state index contributed by atoms with van der Waals surface area (Å²) in [5.41, 5.74) is 0.864. The molecule has 0 bridgehead atoms. The fourth-order valence-corrected chi connectivity index (χ4v) is 4.16. The van der Waals surface area contributed by atoms with E-state index >= 15 is 0 Å². The van der Waals surface area contributed by atoms with Crippen LogP contribution in [0, 0.1) is 0 Å². The standard InChI is InChI=1S/C18H27N5O2.C2HF3O2/c24-17-12-15(13-20-6-1-2-7-20)19-16-14-22(10-5-11-23(16)17)18(25)21-8-3-4-9-21;3-2(4,5)1(6)7/h12H,1-11,13-14H2;(H,6,7). The van der Waals surface area contributed by atoms with Crippen LogP contribution in [0.5, 0.6) is 0 Å². The molecule has 0 radical (unpaired) electrons. The van der Waals surface area contributed by atoms with E-state index in [0.29, 0.717) is 19.6 Å². The first-order valence-electron chi connectivity index (χ1n) is 10.8. The zero-order chi connectivity index (χ0) is 23.3. The molecule has 1 aromatic rings. The van der Waals surface area contributed by atoms with Crippen LogP contribution in [0.25, 0.3) is 0 Å². The smallest absolute Gasteiger partial charge is 0.475 e. The minimum atomic E-state index is -5.08. The largest absolute Gasteiger partial charge is 0.490 e. The molecule has 12 heteroatoms. The van der Waals surface area contributed by atoms with Gasteiger partial charge in [0.25, 0.3) is 5.56 Å². The number of rotatable bonds is 2. The number of fused-ring (bicyclic) bond motifs is 1. The van der Waals surface area contributed by atoms with Crippen molar-refractivity contribution in [2.75, 3.05) is 32.7 Å². The number of hydrogen-bond acceptors (Lipinski definition) is 5. The van der Waals surface area contributed by atoms with Crippen molar-refractivity contribution in [1.29, 1.82) is 0 Å². The molecule has 1 N–H and O–H groups in total. The van der Waals surface area contributed by atoms with Crippen molar-refractivity contribution in [1.82, 2.24) is 24.3 Å². The molecule has 0 spiro atoms. The van der Waals surface area contributed by atoms with Crippen LogP contribution in [0.4, 0.5) is 18.0 Å². The monoisotopic (exact) mass is 459 g/mol. The van der Waals surface area contributed by atoms with Gasteiger partial charge in [0.05, 0.1) is 12.2 Å². The number of carbonyl (C=O) groups is 2. The van der Waals surface area contributed by atoms with Crippen LogP contribution < -0.4 is 5.56 Å². The highest BCUT2D eigenvalue weighted by molar-refractivity contribution is 5.74. The number of hydrogen-bond donors (Lipinski definition) is 1. The Morgan fingerprint density at radius 1 is 0.938 bits per heavy atom. The van der Waals surface area contributed by atoms with E-state index in [-0.39, 0.29) is 11.6 Å². The van der Waals surface area contributed by atoms with Gasteiger partial charge in [0, 0.05) is 38.8 Å². The van der Waals surface area contributed by atoms with Crippen molar-refractivity contribution >= 4 is 12.0 Å². The molecule has 0 aliphatic carbocycles. The van der Waals surface area contributed by atoms with Gasteiger partial charge in [-0.05, 0) is 45.2 Å². The first-order valence-corrected chi connectivity index (χ1v) is 10.8. The number of halogens is 3. The molecule has 0 aromatic carbocycles. The predicted molar refractivity (Wildman–Crippen MR) is 108 cm³/mol. The summed E-state index contributed by atoms with van der Waals surface area (Å²) in [4.78, 5) is 45.1. The summed E-state index contributed by atoms with van der Waals surface area (Å²) in [6, 6.07) is 1.78. The van der Waals surface area contributed by atoms with Crippen molar-refractivity contribution < 1.29 is 27.9 Å². The van der Waals surface area contributed by atoms with E-state index in [9.17, 15) is 22.8 Å². The first-order chi connectivity index (χ1) is 15.1. The molecular weight excluding hydrogens is 431 g/mol. The summed E-state index contributed by atoms with van der Waals surface area (Å²) in [5.74, 6) is -2.01. The molecule has 4 rings (SSSR count). The van der Waals surface area contributed by atoms with Crippen LogP contribution in [0.2, 0.25) is 0 Å². The lowest BCUT2D eigenvalue weighted by Gasteiger charge is -2.26. The highest BCUT2D eigenvalue weighted by Gasteiger charge is 2.38. The van der Waals surface area contributed by atoms with Crippen LogP contribution in [-0.2, 0) is 24.4 Å². The van der Waals surface area contributed by atoms with E-state index in [2.05, 4.69) is 4.90 Å². The molecule has 0 unspecified atom stereocenters. The summed E-state index contributed by atoms with van der Waals surface area (Å²) in [5, 5.41) is 7.12. The van der Waals surface area contributed by atoms with Crippen molar-refractivity contribution in [3.63, 3.8) is 0 Å². The van der Waals surface area contributed by atoms with Crippen molar-refractivity contribution in [3.05, 3.63) is 27.9 Å². The molecule has 9 nitrogen and oxygen atoms in total. The number of carbonyl (C=O) groups excluding carboxylic acids is 1. The van der Waals surface area contributed by atoms with E-state index in [4.69, 9.17) is 14.9 Å². The SMILES string of the molecule is O=C(N1CCCC1)N1CCCn2c(nc(CN3CCCC3)cc2=O)C1.O=C(O)C(F)(F)F. The number of aromatic nitrogens is 2. The van der Waals surface area contributed by atoms with E-state index < -0.39 is 12.1 Å². The van der Waals surface area contributed by atoms with Gasteiger partial charge in [-0.3, -0.25) is 14.3 Å². The Kier molecular flexibility index (Phi) is 7.75. The number of amides is 2. The third-order valence-corrected chi connectivity index (χ3v) is 5.76. The van der Waals surface area contributed by atoms with Gasteiger partial charge >= 0.3 is 18.2 Å². The Bertz CT molecular complexity index is 877. The van der Waals surface area contributed by atoms with Crippen molar-refractivity contribution in [2.45, 2.75) is 57.9 Å². The Morgan fingerprint density at radius 2 is 1.50 bits per heavy atom. The van der Waals surface area contributed by atoms with Crippen LogP contribution in [0.1, 0.15) is 43.6 Å². The Labute approximate surface area is 183 Å². The Balaban J connectivity index is 0.000000360. The fraction of sp³-hybridized carbons (Fsp3) is 0.700. The molecule has 32 heavy (non-hydrogen) atoms. The highest BCUT2D eigenvalue weighted by atomic mass is 19.4. The lowest BCUT2D eigenvalue weighted by molar-refractivity contribution is -0.192. The van der Waals surface area contributed by atoms with Crippen molar-refractivity contribution in [2.24, 2.45) is 0 Å². The number of nitrogens with zero attached hydrogens (tertiary/aromatic N) is 5. The first kappa shape index (κ1) is 24.0. The van der Waals surface area contributed by atoms with Gasteiger partial charge in [0.1, 0.15) is 5.82 Å². The third kappa shape index (κ3) is 6.21. The summed E-state index contributed by atoms with van der Waals surface area (Å²) in [7, 11) is 0. The van der Waals surface area contributed by atoms with Gasteiger partial charge in [-0.2, -0.15) is 13.2 Å². The molecule has 4 heterocycles. The van der Waals surface area contributed by atoms with Crippen LogP contribution in [0.15, 0.2) is 10.9 Å². The zero-order valence-electron chi connectivity index (χ0n) is 17.8. The fourth-order valence-electron chi connectivity index (χ4n) is 4.16. The maximum Gasteiger partial charge on any atom is 0.490 e. The summed E-state index contributed by atoms with van der Waals surface area (Å²) in [6.45, 7) is 6.39. The van der Waals surface area contributed by atoms with Gasteiger partial charge in [-0.25, -0.2) is 14.6 Å². The second kappa shape index (κ2) is 10.3. The zero-order valence-corrected chi connectivity index (χ0v) is 17.8. The van der Waals surface area contributed by atoms with E-state index in [1.165, 1.54) is 12.8 Å². The lowest BCUT2D eigenvalue weighted by Crippen LogP contribution is -2.41. The predicted octanol–water partition coefficient (Wildman–Crippen LogP) is 1.89. The number of alkyl halides is 3. The molecule has 0 atom stereocenters. The minimum absolute atomic E-state index is 0.0228. The van der Waals surface area contributed by atoms with Gasteiger partial charge in [-0.15, -0.1) is 0 Å². The maximum absolute atomic E-state index is 12.7. The second-order valence-electron chi connectivity index (χ2n) is 8.19. The molecule has 3 aliphatic rings. The topological polar surface area (TPSA) is 99.0 Å². The summed E-state index contributed by atoms with van der Waals surface area (Å²) >= 11 is 0. The number of carboxylic acids is 1. The van der Waals surface area contributed by atoms with Gasteiger partial charge < -0.3 is 14.9 Å². The van der Waals surface area contributed by atoms with E-state index in [0.717, 1.165) is 63.5 Å². The maximum atomic E-state index is 12.7. The van der Waals surface area contributed by atoms with E-state index in [1.54, 1.807) is 10.6 Å². The summed E-state index contributed by atoms with van der Waals surface area (Å²) in [6.07, 6.45) is 0.353. The molecule has 2 saturated heterocycles. The van der Waals surface area contributed by atoms with Crippen LogP contribution >= 0.6 is 0 Å². The third-order valence-electron chi connectivity index (χ3n) is 5.76. The second-order valence-corrected chi connectivity index (χ2v) is 8.19. The summed E-state index contributed by atoms with van der Waals surface area (Å²) < 4.78 is 33.5. The number of likely N-dealkylation sites (tertiary alicyclic amines) is 2. The average Bonchev–Trinajstić information content (AvgIpc) is 3.38. The number of aliphatic carboxylic acids is 1. The molecule has 2 fully saturated rings. The lowest BCUT2D eigenvalue weighted by atomic mass is 10.3. The molecule has 0 saturated carbocycles. The number of carboxylic acid groups (broad SMARTS) is 1. The van der Waals surface area contributed by atoms with Crippen molar-refractivity contribution in [3.8, 4) is 0 Å². The molecular formula is C20H28F3N5O4. The van der Waals surface area contributed by atoms with Gasteiger partial charge in [0.2, 0.25) is 0 Å². The van der Waals surface area contributed by atoms with Gasteiger partial charge in [-0.1, -0.05) is 0 Å². The van der Waals surface area contributed by atoms with E-state index in [1.807, 2.05) is 9.80 Å². The molecule has 1 aromatic heterocycles. The van der Waals surface area contributed by atoms with Crippen LogP contribution in [-0.4, -0.2) is 80.3 Å². The quantitative estimate of drug-likeness (QED) is 0.725. The average molecular weight is 459 g/mol. The Hall–Kier alpha value is -2.63. The Morgan fingerprint density at radius 3 is 2.09 bits per heavy atom. The molecule has 3 aliphatic heterocycles. The minimum Gasteiger partial charge on any atom is -0.475 e. The number of urea groups is 1. The normalized spacial score (nSPS) is 19.2. The van der Waals surface area contributed by atoms with Gasteiger partial charge in [0.15, 0.2) is 0 Å². The van der Waals surface area contributed by atoms with Crippen LogP contribution in [0.3, 0.4) is 0 Å².